The number of nitrogens with one attached hydrogen (secondary N) is 1. The number of likely N-dealkylation sites (tertiary alicyclic amines) is 1. The summed E-state index contributed by atoms with van der Waals surface area (Å²) in [6.07, 6.45) is 5.34. The lowest BCUT2D eigenvalue weighted by Gasteiger charge is -2.34. The second-order valence-corrected chi connectivity index (χ2v) is 7.33. The predicted molar refractivity (Wildman–Crippen MR) is 131 cm³/mol. The van der Waals surface area contributed by atoms with Gasteiger partial charge in [0.05, 0.1) is 17.5 Å². The highest BCUT2D eigenvalue weighted by atomic mass is 127. The van der Waals surface area contributed by atoms with E-state index in [0.717, 1.165) is 62.9 Å². The average Bonchev–Trinajstić information content (AvgIpc) is 3.19. The minimum atomic E-state index is 0. The topological polar surface area (TPSA) is 63.9 Å². The van der Waals surface area contributed by atoms with Crippen molar-refractivity contribution in [3.63, 3.8) is 0 Å². The monoisotopic (exact) mass is 527 g/mol. The van der Waals surface area contributed by atoms with Crippen LogP contribution in [0.25, 0.3) is 5.69 Å². The summed E-state index contributed by atoms with van der Waals surface area (Å²) in [5, 5.41) is 8.07. The number of benzene rings is 1. The van der Waals surface area contributed by atoms with Gasteiger partial charge in [0.2, 0.25) is 0 Å². The highest BCUT2D eigenvalue weighted by Crippen LogP contribution is 2.16. The number of nitrogens with zero attached hydrogens (tertiary/aromatic N) is 4. The number of aromatic nitrogens is 2. The number of para-hydroxylation sites is 1. The Morgan fingerprint density at radius 2 is 1.97 bits per heavy atom. The van der Waals surface area contributed by atoms with E-state index in [1.165, 1.54) is 5.56 Å². The maximum Gasteiger partial charge on any atom is 0.193 e. The van der Waals surface area contributed by atoms with Gasteiger partial charge in [-0.25, -0.2) is 4.68 Å². The molecule has 0 aliphatic carbocycles. The third kappa shape index (κ3) is 6.95. The van der Waals surface area contributed by atoms with Crippen molar-refractivity contribution in [2.45, 2.75) is 38.8 Å². The SMILES string of the molecule is CN=C(NCc1ccccc1-n1ccc(C)n1)N1CCC(OCCCOC)CC1.I. The average molecular weight is 527 g/mol. The standard InChI is InChI=1S/C22H33N5O2.HI/c1-18-9-14-27(25-18)21-8-5-4-7-19(21)17-24-22(23-2)26-12-10-20(11-13-26)29-16-6-15-28-3;/h4-5,7-9,14,20H,6,10-13,15-17H2,1-3H3,(H,23,24);1H. The molecular weight excluding hydrogens is 493 g/mol. The first-order valence-electron chi connectivity index (χ1n) is 10.4. The first kappa shape index (κ1) is 24.6. The fourth-order valence-corrected chi connectivity index (χ4v) is 3.63. The number of hydrogen-bond acceptors (Lipinski definition) is 4. The van der Waals surface area contributed by atoms with Gasteiger partial charge in [0, 0.05) is 53.2 Å². The molecule has 30 heavy (non-hydrogen) atoms. The van der Waals surface area contributed by atoms with Gasteiger partial charge in [-0.1, -0.05) is 18.2 Å². The maximum atomic E-state index is 5.97. The number of aryl methyl sites for hydroxylation is 1. The summed E-state index contributed by atoms with van der Waals surface area (Å²) < 4.78 is 13.0. The predicted octanol–water partition coefficient (Wildman–Crippen LogP) is 3.39. The van der Waals surface area contributed by atoms with Crippen LogP contribution in [0.5, 0.6) is 0 Å². The molecule has 3 rings (SSSR count). The van der Waals surface area contributed by atoms with E-state index < -0.39 is 0 Å². The smallest absolute Gasteiger partial charge is 0.193 e. The van der Waals surface area contributed by atoms with Crippen LogP contribution in [0.1, 0.15) is 30.5 Å². The van der Waals surface area contributed by atoms with Crippen molar-refractivity contribution < 1.29 is 9.47 Å². The van der Waals surface area contributed by atoms with Gasteiger partial charge in [0.25, 0.3) is 0 Å². The summed E-state index contributed by atoms with van der Waals surface area (Å²) in [5.41, 5.74) is 3.29. The molecule has 0 saturated carbocycles. The summed E-state index contributed by atoms with van der Waals surface area (Å²) in [7, 11) is 3.57. The Balaban J connectivity index is 0.00000320. The van der Waals surface area contributed by atoms with Gasteiger partial charge in [-0.05, 0) is 43.9 Å². The lowest BCUT2D eigenvalue weighted by atomic mass is 10.1. The molecule has 0 spiro atoms. The number of aliphatic imine (C=N–C) groups is 1. The third-order valence-electron chi connectivity index (χ3n) is 5.20. The number of halogens is 1. The van der Waals surface area contributed by atoms with Gasteiger partial charge >= 0.3 is 0 Å². The Bertz CT molecular complexity index is 787. The highest BCUT2D eigenvalue weighted by Gasteiger charge is 2.22. The minimum Gasteiger partial charge on any atom is -0.385 e. The zero-order valence-corrected chi connectivity index (χ0v) is 20.5. The van der Waals surface area contributed by atoms with E-state index in [2.05, 4.69) is 38.5 Å². The Labute approximate surface area is 196 Å². The summed E-state index contributed by atoms with van der Waals surface area (Å²) in [4.78, 5) is 6.81. The largest absolute Gasteiger partial charge is 0.385 e. The van der Waals surface area contributed by atoms with Crippen LogP contribution >= 0.6 is 24.0 Å². The quantitative estimate of drug-likeness (QED) is 0.247. The molecule has 0 radical (unpaired) electrons. The van der Waals surface area contributed by atoms with Crippen molar-refractivity contribution >= 4 is 29.9 Å². The molecule has 0 amide bonds. The highest BCUT2D eigenvalue weighted by molar-refractivity contribution is 14.0. The van der Waals surface area contributed by atoms with Gasteiger partial charge in [-0.15, -0.1) is 24.0 Å². The van der Waals surface area contributed by atoms with E-state index in [0.29, 0.717) is 12.6 Å². The second kappa shape index (κ2) is 12.9. The van der Waals surface area contributed by atoms with Crippen molar-refractivity contribution in [2.24, 2.45) is 4.99 Å². The molecule has 1 aliphatic rings. The van der Waals surface area contributed by atoms with Crippen LogP contribution in [0.2, 0.25) is 0 Å². The molecule has 7 nitrogen and oxygen atoms in total. The minimum absolute atomic E-state index is 0. The molecule has 0 atom stereocenters. The molecule has 8 heteroatoms. The molecule has 1 aliphatic heterocycles. The van der Waals surface area contributed by atoms with Crippen molar-refractivity contribution in [2.75, 3.05) is 40.5 Å². The van der Waals surface area contributed by atoms with Crippen molar-refractivity contribution in [3.8, 4) is 5.69 Å². The molecule has 0 unspecified atom stereocenters. The van der Waals surface area contributed by atoms with Crippen LogP contribution < -0.4 is 5.32 Å². The van der Waals surface area contributed by atoms with Crippen molar-refractivity contribution in [1.82, 2.24) is 20.0 Å². The Hall–Kier alpha value is -1.65. The third-order valence-corrected chi connectivity index (χ3v) is 5.20. The second-order valence-electron chi connectivity index (χ2n) is 7.33. The fraction of sp³-hybridized carbons (Fsp3) is 0.545. The van der Waals surface area contributed by atoms with Crippen LogP contribution in [-0.4, -0.2) is 67.2 Å². The number of piperidine rings is 1. The van der Waals surface area contributed by atoms with Crippen LogP contribution in [0.15, 0.2) is 41.5 Å². The van der Waals surface area contributed by atoms with E-state index in [1.807, 2.05) is 37.0 Å². The van der Waals surface area contributed by atoms with Gasteiger partial charge in [-0.2, -0.15) is 5.10 Å². The lowest BCUT2D eigenvalue weighted by Crippen LogP contribution is -2.46. The van der Waals surface area contributed by atoms with E-state index in [4.69, 9.17) is 9.47 Å². The summed E-state index contributed by atoms with van der Waals surface area (Å²) in [5.74, 6) is 0.939. The van der Waals surface area contributed by atoms with Gasteiger partial charge in [0.15, 0.2) is 5.96 Å². The van der Waals surface area contributed by atoms with Gasteiger partial charge in [-0.3, -0.25) is 4.99 Å². The first-order chi connectivity index (χ1) is 14.2. The number of methoxy groups -OCH3 is 1. The summed E-state index contributed by atoms with van der Waals surface area (Å²) in [6, 6.07) is 10.4. The molecule has 0 bridgehead atoms. The fourth-order valence-electron chi connectivity index (χ4n) is 3.63. The molecular formula is C22H34IN5O2. The molecule has 2 heterocycles. The Kier molecular flexibility index (Phi) is 10.6. The molecule has 1 aromatic carbocycles. The normalized spacial score (nSPS) is 15.2. The molecule has 166 valence electrons. The summed E-state index contributed by atoms with van der Waals surface area (Å²) >= 11 is 0. The first-order valence-corrected chi connectivity index (χ1v) is 10.4. The zero-order chi connectivity index (χ0) is 20.5. The number of guanidine groups is 1. The number of rotatable bonds is 8. The van der Waals surface area contributed by atoms with Gasteiger partial charge in [0.1, 0.15) is 0 Å². The van der Waals surface area contributed by atoms with E-state index >= 15 is 0 Å². The molecule has 1 fully saturated rings. The van der Waals surface area contributed by atoms with Crippen molar-refractivity contribution in [3.05, 3.63) is 47.8 Å². The Morgan fingerprint density at radius 3 is 2.63 bits per heavy atom. The zero-order valence-electron chi connectivity index (χ0n) is 18.2. The summed E-state index contributed by atoms with van der Waals surface area (Å²) in [6.45, 7) is 6.15. The van der Waals surface area contributed by atoms with Crippen LogP contribution in [0.3, 0.4) is 0 Å². The van der Waals surface area contributed by atoms with Crippen LogP contribution in [0, 0.1) is 6.92 Å². The van der Waals surface area contributed by atoms with E-state index in [9.17, 15) is 0 Å². The lowest BCUT2D eigenvalue weighted by molar-refractivity contribution is 0.00989. The maximum absolute atomic E-state index is 5.97. The Morgan fingerprint density at radius 1 is 1.20 bits per heavy atom. The van der Waals surface area contributed by atoms with E-state index in [1.54, 1.807) is 7.11 Å². The van der Waals surface area contributed by atoms with Crippen LogP contribution in [-0.2, 0) is 16.0 Å². The molecule has 1 aromatic heterocycles. The van der Waals surface area contributed by atoms with Gasteiger partial charge < -0.3 is 19.7 Å². The van der Waals surface area contributed by atoms with E-state index in [-0.39, 0.29) is 24.0 Å². The molecule has 1 saturated heterocycles. The molecule has 2 aromatic rings. The van der Waals surface area contributed by atoms with Crippen molar-refractivity contribution in [1.29, 1.82) is 0 Å². The number of hydrogen-bond donors (Lipinski definition) is 1. The number of ether oxygens (including phenoxy) is 2. The van der Waals surface area contributed by atoms with Crippen LogP contribution in [0.4, 0.5) is 0 Å². The molecule has 1 N–H and O–H groups in total.